The van der Waals surface area contributed by atoms with Crippen molar-refractivity contribution in [2.75, 3.05) is 5.73 Å². The number of hydrogen-bond acceptors (Lipinski definition) is 1. The van der Waals surface area contributed by atoms with Crippen LogP contribution in [0, 0.1) is 24.2 Å². The van der Waals surface area contributed by atoms with Crippen LogP contribution in [0.15, 0.2) is 18.2 Å². The van der Waals surface area contributed by atoms with Crippen LogP contribution in [0.1, 0.15) is 31.9 Å². The SMILES string of the molecule is Cc1ccc(N)c(C#CC(C)(C)C)c1. The Morgan fingerprint density at radius 2 is 1.86 bits per heavy atom. The summed E-state index contributed by atoms with van der Waals surface area (Å²) >= 11 is 0. The third-order valence-corrected chi connectivity index (χ3v) is 1.78. The highest BCUT2D eigenvalue weighted by atomic mass is 14.5. The van der Waals surface area contributed by atoms with Gasteiger partial charge in [-0.15, -0.1) is 0 Å². The van der Waals surface area contributed by atoms with Gasteiger partial charge in [0.2, 0.25) is 0 Å². The van der Waals surface area contributed by atoms with E-state index < -0.39 is 0 Å². The van der Waals surface area contributed by atoms with Crippen LogP contribution in [-0.2, 0) is 0 Å². The maximum atomic E-state index is 5.82. The molecule has 0 aromatic heterocycles. The summed E-state index contributed by atoms with van der Waals surface area (Å²) in [6, 6.07) is 5.92. The molecule has 2 N–H and O–H groups in total. The Bertz CT molecular complexity index is 386. The van der Waals surface area contributed by atoms with Crippen molar-refractivity contribution in [1.29, 1.82) is 0 Å². The highest BCUT2D eigenvalue weighted by Crippen LogP contribution is 2.15. The van der Waals surface area contributed by atoms with Crippen molar-refractivity contribution in [1.82, 2.24) is 0 Å². The minimum atomic E-state index is 0.0240. The van der Waals surface area contributed by atoms with Crippen LogP contribution in [-0.4, -0.2) is 0 Å². The largest absolute Gasteiger partial charge is 0.398 e. The van der Waals surface area contributed by atoms with Gasteiger partial charge in [0.1, 0.15) is 0 Å². The van der Waals surface area contributed by atoms with Gasteiger partial charge in [-0.2, -0.15) is 0 Å². The first-order valence-electron chi connectivity index (χ1n) is 4.78. The molecule has 1 aromatic carbocycles. The minimum Gasteiger partial charge on any atom is -0.398 e. The number of nitrogen functional groups attached to an aromatic ring is 1. The molecule has 14 heavy (non-hydrogen) atoms. The second-order valence-electron chi connectivity index (χ2n) is 4.59. The lowest BCUT2D eigenvalue weighted by Gasteiger charge is -2.07. The predicted molar refractivity (Wildman–Crippen MR) is 61.9 cm³/mol. The number of rotatable bonds is 0. The lowest BCUT2D eigenvalue weighted by Crippen LogP contribution is -2.00. The Morgan fingerprint density at radius 1 is 1.21 bits per heavy atom. The molecule has 0 saturated carbocycles. The number of anilines is 1. The first-order valence-corrected chi connectivity index (χ1v) is 4.78. The van der Waals surface area contributed by atoms with Gasteiger partial charge in [-0.3, -0.25) is 0 Å². The van der Waals surface area contributed by atoms with E-state index in [1.807, 2.05) is 25.1 Å². The monoisotopic (exact) mass is 187 g/mol. The van der Waals surface area contributed by atoms with Crippen LogP contribution in [0.3, 0.4) is 0 Å². The predicted octanol–water partition coefficient (Wildman–Crippen LogP) is 2.97. The molecule has 1 aromatic rings. The van der Waals surface area contributed by atoms with E-state index in [1.54, 1.807) is 0 Å². The van der Waals surface area contributed by atoms with Crippen molar-refractivity contribution >= 4 is 5.69 Å². The zero-order valence-electron chi connectivity index (χ0n) is 9.31. The van der Waals surface area contributed by atoms with E-state index in [0.29, 0.717) is 0 Å². The summed E-state index contributed by atoms with van der Waals surface area (Å²) in [6.45, 7) is 8.31. The smallest absolute Gasteiger partial charge is 0.0477 e. The van der Waals surface area contributed by atoms with Crippen LogP contribution in [0.4, 0.5) is 5.69 Å². The van der Waals surface area contributed by atoms with E-state index in [-0.39, 0.29) is 5.41 Å². The lowest BCUT2D eigenvalue weighted by atomic mass is 9.97. The number of hydrogen-bond donors (Lipinski definition) is 1. The molecule has 0 spiro atoms. The third-order valence-electron chi connectivity index (χ3n) is 1.78. The maximum Gasteiger partial charge on any atom is 0.0477 e. The van der Waals surface area contributed by atoms with Crippen LogP contribution in [0.25, 0.3) is 0 Å². The standard InChI is InChI=1S/C13H17N/c1-10-5-6-12(14)11(9-10)7-8-13(2,3)4/h5-6,9H,14H2,1-4H3. The molecule has 0 fully saturated rings. The molecule has 0 saturated heterocycles. The van der Waals surface area contributed by atoms with Crippen molar-refractivity contribution in [2.24, 2.45) is 5.41 Å². The van der Waals surface area contributed by atoms with Gasteiger partial charge in [0.25, 0.3) is 0 Å². The van der Waals surface area contributed by atoms with Crippen LogP contribution in [0.2, 0.25) is 0 Å². The van der Waals surface area contributed by atoms with Crippen molar-refractivity contribution in [3.05, 3.63) is 29.3 Å². The number of nitrogens with two attached hydrogens (primary N) is 1. The second kappa shape index (κ2) is 3.75. The molecular formula is C13H17N. The normalized spacial score (nSPS) is 10.6. The van der Waals surface area contributed by atoms with Gasteiger partial charge in [-0.05, 0) is 45.4 Å². The average molecular weight is 187 g/mol. The van der Waals surface area contributed by atoms with Crippen molar-refractivity contribution in [3.63, 3.8) is 0 Å². The molecule has 1 heteroatoms. The minimum absolute atomic E-state index is 0.0240. The fourth-order valence-corrected chi connectivity index (χ4v) is 1.03. The van der Waals surface area contributed by atoms with Gasteiger partial charge in [0.05, 0.1) is 0 Å². The van der Waals surface area contributed by atoms with Crippen LogP contribution >= 0.6 is 0 Å². The van der Waals surface area contributed by atoms with Crippen LogP contribution < -0.4 is 5.73 Å². The summed E-state index contributed by atoms with van der Waals surface area (Å²) in [5, 5.41) is 0. The van der Waals surface area contributed by atoms with E-state index in [2.05, 4.69) is 32.6 Å². The van der Waals surface area contributed by atoms with Gasteiger partial charge in [-0.1, -0.05) is 17.9 Å². The highest BCUT2D eigenvalue weighted by molar-refractivity contribution is 5.57. The summed E-state index contributed by atoms with van der Waals surface area (Å²) < 4.78 is 0. The lowest BCUT2D eigenvalue weighted by molar-refractivity contribution is 0.571. The molecule has 0 unspecified atom stereocenters. The van der Waals surface area contributed by atoms with Crippen LogP contribution in [0.5, 0.6) is 0 Å². The first-order chi connectivity index (χ1) is 6.38. The molecule has 0 bridgehead atoms. The fraction of sp³-hybridized carbons (Fsp3) is 0.385. The van der Waals surface area contributed by atoms with Crippen molar-refractivity contribution < 1.29 is 0 Å². The Balaban J connectivity index is 3.06. The molecule has 0 heterocycles. The van der Waals surface area contributed by atoms with E-state index >= 15 is 0 Å². The molecule has 74 valence electrons. The van der Waals surface area contributed by atoms with E-state index in [4.69, 9.17) is 5.73 Å². The molecule has 0 radical (unpaired) electrons. The Labute approximate surface area is 86.3 Å². The van der Waals surface area contributed by atoms with E-state index in [0.717, 1.165) is 11.3 Å². The second-order valence-corrected chi connectivity index (χ2v) is 4.59. The maximum absolute atomic E-state index is 5.82. The van der Waals surface area contributed by atoms with Gasteiger partial charge in [0, 0.05) is 16.7 Å². The van der Waals surface area contributed by atoms with E-state index in [9.17, 15) is 0 Å². The van der Waals surface area contributed by atoms with E-state index in [1.165, 1.54) is 5.56 Å². The van der Waals surface area contributed by atoms with Crippen molar-refractivity contribution in [3.8, 4) is 11.8 Å². The molecule has 1 nitrogen and oxygen atoms in total. The average Bonchev–Trinajstić information content (AvgIpc) is 2.05. The first kappa shape index (κ1) is 10.7. The summed E-state index contributed by atoms with van der Waals surface area (Å²) in [4.78, 5) is 0. The topological polar surface area (TPSA) is 26.0 Å². The fourth-order valence-electron chi connectivity index (χ4n) is 1.03. The zero-order chi connectivity index (χ0) is 10.8. The number of benzene rings is 1. The highest BCUT2D eigenvalue weighted by Gasteiger charge is 2.04. The zero-order valence-corrected chi connectivity index (χ0v) is 9.31. The third kappa shape index (κ3) is 3.14. The molecule has 1 rings (SSSR count). The van der Waals surface area contributed by atoms with Crippen molar-refractivity contribution in [2.45, 2.75) is 27.7 Å². The molecule has 0 atom stereocenters. The molecule has 0 aliphatic heterocycles. The summed E-state index contributed by atoms with van der Waals surface area (Å²) in [6.07, 6.45) is 0. The van der Waals surface area contributed by atoms with Gasteiger partial charge in [-0.25, -0.2) is 0 Å². The van der Waals surface area contributed by atoms with Gasteiger partial charge < -0.3 is 5.73 Å². The Hall–Kier alpha value is -1.42. The summed E-state index contributed by atoms with van der Waals surface area (Å²) in [5.74, 6) is 6.29. The summed E-state index contributed by atoms with van der Waals surface area (Å²) in [7, 11) is 0. The molecule has 0 amide bonds. The van der Waals surface area contributed by atoms with Gasteiger partial charge >= 0.3 is 0 Å². The quantitative estimate of drug-likeness (QED) is 0.490. The molecular weight excluding hydrogens is 170 g/mol. The van der Waals surface area contributed by atoms with Gasteiger partial charge in [0.15, 0.2) is 0 Å². The number of aryl methyl sites for hydroxylation is 1. The summed E-state index contributed by atoms with van der Waals surface area (Å²) in [5.41, 5.74) is 8.72. The molecule has 0 aliphatic carbocycles. The molecule has 0 aliphatic rings. The Kier molecular flexibility index (Phi) is 2.86. The Morgan fingerprint density at radius 3 is 2.43 bits per heavy atom.